The van der Waals surface area contributed by atoms with E-state index in [9.17, 15) is 0 Å². The van der Waals surface area contributed by atoms with Crippen molar-refractivity contribution < 1.29 is 4.42 Å². The van der Waals surface area contributed by atoms with Crippen LogP contribution >= 0.6 is 23.2 Å². The molecule has 0 aliphatic heterocycles. The van der Waals surface area contributed by atoms with Crippen molar-refractivity contribution in [2.75, 3.05) is 5.32 Å². The van der Waals surface area contributed by atoms with Gasteiger partial charge in [0, 0.05) is 0 Å². The van der Waals surface area contributed by atoms with Crippen molar-refractivity contribution >= 4 is 28.9 Å². The summed E-state index contributed by atoms with van der Waals surface area (Å²) in [6.07, 6.45) is 1.65. The second-order valence-corrected chi connectivity index (χ2v) is 4.27. The first-order valence-corrected chi connectivity index (χ1v) is 5.68. The summed E-state index contributed by atoms with van der Waals surface area (Å²) in [6, 6.07) is 9.31. The predicted molar refractivity (Wildman–Crippen MR) is 67.2 cm³/mol. The molecule has 0 bridgehead atoms. The van der Waals surface area contributed by atoms with Crippen LogP contribution in [-0.2, 0) is 0 Å². The lowest BCUT2D eigenvalue weighted by atomic mass is 10.2. The molecule has 0 spiro atoms. The first-order chi connectivity index (χ1) is 7.68. The molecule has 0 aliphatic carbocycles. The SMILES string of the molecule is CC(Nc1cccc(Cl)c1Cl)c1ccco1. The Kier molecular flexibility index (Phi) is 3.42. The van der Waals surface area contributed by atoms with Crippen molar-refractivity contribution in [2.24, 2.45) is 0 Å². The molecule has 0 aliphatic rings. The molecule has 1 aromatic carbocycles. The quantitative estimate of drug-likeness (QED) is 0.856. The molecule has 1 heterocycles. The van der Waals surface area contributed by atoms with E-state index in [2.05, 4.69) is 5.32 Å². The lowest BCUT2D eigenvalue weighted by molar-refractivity contribution is 0.490. The van der Waals surface area contributed by atoms with Gasteiger partial charge in [0.2, 0.25) is 0 Å². The maximum atomic E-state index is 6.07. The average Bonchev–Trinajstić information content (AvgIpc) is 2.78. The van der Waals surface area contributed by atoms with Crippen LogP contribution in [0.3, 0.4) is 0 Å². The van der Waals surface area contributed by atoms with Gasteiger partial charge in [0.05, 0.1) is 28.0 Å². The fourth-order valence-electron chi connectivity index (χ4n) is 1.46. The van der Waals surface area contributed by atoms with E-state index in [1.807, 2.05) is 31.2 Å². The second-order valence-electron chi connectivity index (χ2n) is 3.48. The zero-order chi connectivity index (χ0) is 11.5. The van der Waals surface area contributed by atoms with Crippen molar-refractivity contribution in [3.8, 4) is 0 Å². The molecule has 0 fully saturated rings. The van der Waals surface area contributed by atoms with Gasteiger partial charge in [-0.2, -0.15) is 0 Å². The van der Waals surface area contributed by atoms with Crippen molar-refractivity contribution in [1.29, 1.82) is 0 Å². The molecule has 1 aromatic heterocycles. The van der Waals surface area contributed by atoms with Crippen LogP contribution in [0.25, 0.3) is 0 Å². The topological polar surface area (TPSA) is 25.2 Å². The van der Waals surface area contributed by atoms with Crippen LogP contribution in [0, 0.1) is 0 Å². The monoisotopic (exact) mass is 255 g/mol. The molecule has 2 rings (SSSR count). The van der Waals surface area contributed by atoms with Crippen LogP contribution in [0.2, 0.25) is 10.0 Å². The zero-order valence-corrected chi connectivity index (χ0v) is 10.2. The minimum atomic E-state index is 0.0472. The van der Waals surface area contributed by atoms with E-state index in [-0.39, 0.29) is 6.04 Å². The Morgan fingerprint density at radius 2 is 2.00 bits per heavy atom. The number of rotatable bonds is 3. The molecular formula is C12H11Cl2NO. The minimum absolute atomic E-state index is 0.0472. The minimum Gasteiger partial charge on any atom is -0.467 e. The normalized spacial score (nSPS) is 12.4. The van der Waals surface area contributed by atoms with Crippen LogP contribution < -0.4 is 5.32 Å². The van der Waals surface area contributed by atoms with Gasteiger partial charge in [0.25, 0.3) is 0 Å². The zero-order valence-electron chi connectivity index (χ0n) is 8.71. The number of benzene rings is 1. The summed E-state index contributed by atoms with van der Waals surface area (Å²) in [5, 5.41) is 4.31. The van der Waals surface area contributed by atoms with Gasteiger partial charge in [-0.3, -0.25) is 0 Å². The molecule has 2 nitrogen and oxygen atoms in total. The Morgan fingerprint density at radius 3 is 2.69 bits per heavy atom. The third-order valence-corrected chi connectivity index (χ3v) is 3.11. The van der Waals surface area contributed by atoms with E-state index >= 15 is 0 Å². The van der Waals surface area contributed by atoms with E-state index in [0.717, 1.165) is 11.4 Å². The van der Waals surface area contributed by atoms with Crippen molar-refractivity contribution in [3.05, 3.63) is 52.4 Å². The van der Waals surface area contributed by atoms with Crippen molar-refractivity contribution in [2.45, 2.75) is 13.0 Å². The van der Waals surface area contributed by atoms with Gasteiger partial charge < -0.3 is 9.73 Å². The molecule has 1 unspecified atom stereocenters. The Hall–Kier alpha value is -1.12. The largest absolute Gasteiger partial charge is 0.467 e. The predicted octanol–water partition coefficient (Wildman–Crippen LogP) is 4.76. The second kappa shape index (κ2) is 4.81. The van der Waals surface area contributed by atoms with Crippen LogP contribution in [0.4, 0.5) is 5.69 Å². The summed E-state index contributed by atoms with van der Waals surface area (Å²) in [5.41, 5.74) is 0.804. The molecule has 16 heavy (non-hydrogen) atoms. The van der Waals surface area contributed by atoms with E-state index in [4.69, 9.17) is 27.6 Å². The van der Waals surface area contributed by atoms with Gasteiger partial charge in [0.15, 0.2) is 0 Å². The standard InChI is InChI=1S/C12H11Cl2NO/c1-8(11-6-3-7-16-11)15-10-5-2-4-9(13)12(10)14/h2-8,15H,1H3. The van der Waals surface area contributed by atoms with E-state index in [0.29, 0.717) is 10.0 Å². The number of hydrogen-bond donors (Lipinski definition) is 1. The lowest BCUT2D eigenvalue weighted by Gasteiger charge is -2.14. The number of nitrogens with one attached hydrogen (secondary N) is 1. The number of anilines is 1. The summed E-state index contributed by atoms with van der Waals surface area (Å²) >= 11 is 12.0. The number of halogens is 2. The van der Waals surface area contributed by atoms with Gasteiger partial charge in [-0.15, -0.1) is 0 Å². The average molecular weight is 256 g/mol. The number of furan rings is 1. The first kappa shape index (κ1) is 11.4. The summed E-state index contributed by atoms with van der Waals surface area (Å²) in [7, 11) is 0. The third-order valence-electron chi connectivity index (χ3n) is 2.29. The highest BCUT2D eigenvalue weighted by atomic mass is 35.5. The van der Waals surface area contributed by atoms with Crippen molar-refractivity contribution in [3.63, 3.8) is 0 Å². The van der Waals surface area contributed by atoms with E-state index in [1.54, 1.807) is 12.3 Å². The van der Waals surface area contributed by atoms with E-state index < -0.39 is 0 Å². The highest BCUT2D eigenvalue weighted by Crippen LogP contribution is 2.31. The van der Waals surface area contributed by atoms with Gasteiger partial charge in [-0.05, 0) is 31.2 Å². The molecule has 84 valence electrons. The summed E-state index contributed by atoms with van der Waals surface area (Å²) in [6.45, 7) is 2.00. The summed E-state index contributed by atoms with van der Waals surface area (Å²) < 4.78 is 5.30. The molecule has 0 amide bonds. The lowest BCUT2D eigenvalue weighted by Crippen LogP contribution is -2.05. The molecule has 0 saturated heterocycles. The fourth-order valence-corrected chi connectivity index (χ4v) is 1.81. The van der Waals surface area contributed by atoms with Gasteiger partial charge in [-0.25, -0.2) is 0 Å². The maximum Gasteiger partial charge on any atom is 0.125 e. The molecule has 0 radical (unpaired) electrons. The maximum absolute atomic E-state index is 6.07. The van der Waals surface area contributed by atoms with Crippen LogP contribution in [0.15, 0.2) is 41.0 Å². The summed E-state index contributed by atoms with van der Waals surface area (Å²) in [4.78, 5) is 0. The first-order valence-electron chi connectivity index (χ1n) is 4.92. The Labute approximate surface area is 104 Å². The molecule has 1 N–H and O–H groups in total. The smallest absolute Gasteiger partial charge is 0.125 e. The Bertz CT molecular complexity index is 468. The van der Waals surface area contributed by atoms with Crippen LogP contribution in [0.1, 0.15) is 18.7 Å². The molecule has 4 heteroatoms. The Balaban J connectivity index is 2.18. The van der Waals surface area contributed by atoms with Crippen LogP contribution in [-0.4, -0.2) is 0 Å². The fraction of sp³-hybridized carbons (Fsp3) is 0.167. The van der Waals surface area contributed by atoms with E-state index in [1.165, 1.54) is 0 Å². The molecule has 0 saturated carbocycles. The summed E-state index contributed by atoms with van der Waals surface area (Å²) in [5.74, 6) is 0.857. The van der Waals surface area contributed by atoms with Gasteiger partial charge in [0.1, 0.15) is 5.76 Å². The Morgan fingerprint density at radius 1 is 1.19 bits per heavy atom. The van der Waals surface area contributed by atoms with Crippen molar-refractivity contribution in [1.82, 2.24) is 0 Å². The van der Waals surface area contributed by atoms with Gasteiger partial charge >= 0.3 is 0 Å². The highest BCUT2D eigenvalue weighted by molar-refractivity contribution is 6.43. The third kappa shape index (κ3) is 2.34. The highest BCUT2D eigenvalue weighted by Gasteiger charge is 2.10. The number of hydrogen-bond acceptors (Lipinski definition) is 2. The van der Waals surface area contributed by atoms with Gasteiger partial charge in [-0.1, -0.05) is 29.3 Å². The molecule has 2 aromatic rings. The molecule has 1 atom stereocenters. The van der Waals surface area contributed by atoms with Crippen LogP contribution in [0.5, 0.6) is 0 Å². The molecular weight excluding hydrogens is 245 g/mol.